The van der Waals surface area contributed by atoms with E-state index in [1.807, 2.05) is 37.3 Å². The molecule has 0 spiro atoms. The second-order valence-corrected chi connectivity index (χ2v) is 8.42. The van der Waals surface area contributed by atoms with E-state index in [0.717, 1.165) is 16.5 Å². The molecule has 0 atom stereocenters. The molecule has 0 unspecified atom stereocenters. The first-order chi connectivity index (χ1) is 13.9. The van der Waals surface area contributed by atoms with Crippen LogP contribution in [0.1, 0.15) is 11.1 Å². The van der Waals surface area contributed by atoms with Crippen molar-refractivity contribution in [1.82, 2.24) is 14.8 Å². The van der Waals surface area contributed by atoms with Crippen molar-refractivity contribution in [1.29, 1.82) is 5.26 Å². The van der Waals surface area contributed by atoms with Crippen LogP contribution in [0.15, 0.2) is 65.7 Å². The van der Waals surface area contributed by atoms with Crippen molar-refractivity contribution in [2.24, 2.45) is 0 Å². The quantitative estimate of drug-likeness (QED) is 0.533. The van der Waals surface area contributed by atoms with Gasteiger partial charge in [0.25, 0.3) is 10.0 Å². The van der Waals surface area contributed by atoms with Crippen LogP contribution in [0.25, 0.3) is 16.7 Å². The Kier molecular flexibility index (Phi) is 4.70. The van der Waals surface area contributed by atoms with Gasteiger partial charge in [0.05, 0.1) is 16.6 Å². The van der Waals surface area contributed by atoms with Crippen molar-refractivity contribution in [3.05, 3.63) is 76.9 Å². The molecular weight excluding hydrogens is 410 g/mol. The molecule has 0 saturated heterocycles. The number of nitrogens with zero attached hydrogens (tertiary/aromatic N) is 4. The fourth-order valence-corrected chi connectivity index (χ4v) is 4.13. The zero-order valence-electron chi connectivity index (χ0n) is 15.2. The van der Waals surface area contributed by atoms with Gasteiger partial charge in [-0.25, -0.2) is 13.4 Å². The van der Waals surface area contributed by atoms with Crippen LogP contribution in [0, 0.1) is 18.3 Å². The average Bonchev–Trinajstić information content (AvgIpc) is 3.10. The number of aryl methyl sites for hydroxylation is 1. The highest BCUT2D eigenvalue weighted by molar-refractivity contribution is 7.92. The molecule has 2 heterocycles. The fraction of sp³-hybridized carbons (Fsp3) is 0.0500. The number of benzene rings is 2. The van der Waals surface area contributed by atoms with Crippen LogP contribution in [-0.4, -0.2) is 23.2 Å². The summed E-state index contributed by atoms with van der Waals surface area (Å²) in [5.41, 5.74) is 1.77. The number of sulfonamides is 1. The lowest BCUT2D eigenvalue weighted by Crippen LogP contribution is -2.17. The Morgan fingerprint density at radius 1 is 1.14 bits per heavy atom. The maximum atomic E-state index is 12.8. The number of nitriles is 1. The number of hydrogen-bond acceptors (Lipinski definition) is 5. The summed E-state index contributed by atoms with van der Waals surface area (Å²) in [7, 11) is -3.96. The van der Waals surface area contributed by atoms with E-state index < -0.39 is 10.0 Å². The average molecular weight is 424 g/mol. The number of rotatable bonds is 4. The largest absolute Gasteiger partial charge is 0.263 e. The molecule has 0 aliphatic rings. The third-order valence-electron chi connectivity index (χ3n) is 4.37. The number of fused-ring (bicyclic) bond motifs is 1. The van der Waals surface area contributed by atoms with E-state index in [1.165, 1.54) is 35.1 Å². The van der Waals surface area contributed by atoms with Gasteiger partial charge < -0.3 is 0 Å². The summed E-state index contributed by atoms with van der Waals surface area (Å²) in [6, 6.07) is 17.1. The van der Waals surface area contributed by atoms with Gasteiger partial charge in [-0.2, -0.15) is 15.0 Å². The van der Waals surface area contributed by atoms with E-state index in [9.17, 15) is 13.7 Å². The van der Waals surface area contributed by atoms with Gasteiger partial charge in [0.15, 0.2) is 11.6 Å². The van der Waals surface area contributed by atoms with E-state index in [2.05, 4.69) is 14.8 Å². The summed E-state index contributed by atoms with van der Waals surface area (Å²) in [6.45, 7) is 1.93. The van der Waals surface area contributed by atoms with Gasteiger partial charge >= 0.3 is 0 Å². The topological polar surface area (TPSA) is 101 Å². The minimum Gasteiger partial charge on any atom is -0.262 e. The number of nitrogens with one attached hydrogen (secondary N) is 1. The van der Waals surface area contributed by atoms with Crippen LogP contribution in [0.2, 0.25) is 5.02 Å². The molecule has 1 N–H and O–H groups in total. The minimum absolute atomic E-state index is 0.0150. The standard InChI is InChI=1S/C20H14ClN5O2S/c1-13-10-19(24-18-5-3-2-4-17(13)18)26-20(14(11-22)12-23-26)25-29(27,28)16-8-6-15(21)7-9-16/h2-10,12,25H,1H3. The molecule has 0 bridgehead atoms. The molecule has 9 heteroatoms. The van der Waals surface area contributed by atoms with Gasteiger partial charge in [-0.3, -0.25) is 4.72 Å². The summed E-state index contributed by atoms with van der Waals surface area (Å²) in [6.07, 6.45) is 1.30. The summed E-state index contributed by atoms with van der Waals surface area (Å²) in [5, 5.41) is 15.0. The van der Waals surface area contributed by atoms with E-state index in [4.69, 9.17) is 11.6 Å². The smallest absolute Gasteiger partial charge is 0.262 e. The van der Waals surface area contributed by atoms with Crippen LogP contribution < -0.4 is 4.72 Å². The van der Waals surface area contributed by atoms with Crippen LogP contribution >= 0.6 is 11.6 Å². The fourth-order valence-electron chi connectivity index (χ4n) is 2.94. The number of halogens is 1. The van der Waals surface area contributed by atoms with Gasteiger partial charge in [-0.05, 0) is 48.9 Å². The van der Waals surface area contributed by atoms with E-state index in [1.54, 1.807) is 6.07 Å². The van der Waals surface area contributed by atoms with Crippen molar-refractivity contribution in [2.45, 2.75) is 11.8 Å². The lowest BCUT2D eigenvalue weighted by atomic mass is 10.1. The molecule has 0 aliphatic heterocycles. The van der Waals surface area contributed by atoms with E-state index in [0.29, 0.717) is 10.8 Å². The molecule has 144 valence electrons. The maximum absolute atomic E-state index is 12.8. The number of para-hydroxylation sites is 1. The van der Waals surface area contributed by atoms with Gasteiger partial charge in [-0.15, -0.1) is 0 Å². The molecule has 29 heavy (non-hydrogen) atoms. The molecule has 0 fully saturated rings. The van der Waals surface area contributed by atoms with Gasteiger partial charge in [0.2, 0.25) is 0 Å². The Morgan fingerprint density at radius 3 is 2.59 bits per heavy atom. The Morgan fingerprint density at radius 2 is 1.86 bits per heavy atom. The predicted molar refractivity (Wildman–Crippen MR) is 111 cm³/mol. The highest BCUT2D eigenvalue weighted by Gasteiger charge is 2.21. The van der Waals surface area contributed by atoms with Crippen molar-refractivity contribution < 1.29 is 8.42 Å². The lowest BCUT2D eigenvalue weighted by Gasteiger charge is -2.12. The van der Waals surface area contributed by atoms with Crippen LogP contribution in [-0.2, 0) is 10.0 Å². The van der Waals surface area contributed by atoms with E-state index in [-0.39, 0.29) is 16.3 Å². The summed E-state index contributed by atoms with van der Waals surface area (Å²) in [5.74, 6) is 0.418. The lowest BCUT2D eigenvalue weighted by molar-refractivity contribution is 0.600. The Bertz CT molecular complexity index is 1370. The normalized spacial score (nSPS) is 11.3. The number of anilines is 1. The number of hydrogen-bond donors (Lipinski definition) is 1. The van der Waals surface area contributed by atoms with Gasteiger partial charge in [0.1, 0.15) is 11.6 Å². The molecule has 4 rings (SSSR count). The molecule has 4 aromatic rings. The molecule has 2 aromatic heterocycles. The van der Waals surface area contributed by atoms with Crippen molar-refractivity contribution in [3.8, 4) is 11.9 Å². The third kappa shape index (κ3) is 3.53. The zero-order chi connectivity index (χ0) is 20.6. The Hall–Kier alpha value is -3.41. The molecule has 0 saturated carbocycles. The molecular formula is C20H14ClN5O2S. The molecule has 0 radical (unpaired) electrons. The number of aromatic nitrogens is 3. The Balaban J connectivity index is 1.83. The SMILES string of the molecule is Cc1cc(-n2ncc(C#N)c2NS(=O)(=O)c2ccc(Cl)cc2)nc2ccccc12. The van der Waals surface area contributed by atoms with Crippen LogP contribution in [0.3, 0.4) is 0 Å². The second-order valence-electron chi connectivity index (χ2n) is 6.30. The van der Waals surface area contributed by atoms with Crippen molar-refractivity contribution in [3.63, 3.8) is 0 Å². The summed E-state index contributed by atoms with van der Waals surface area (Å²) < 4.78 is 29.4. The molecule has 0 aliphatic carbocycles. The second kappa shape index (κ2) is 7.20. The predicted octanol–water partition coefficient (Wildman–Crippen LogP) is 4.05. The highest BCUT2D eigenvalue weighted by atomic mass is 35.5. The number of pyridine rings is 1. The first kappa shape index (κ1) is 18.9. The first-order valence-electron chi connectivity index (χ1n) is 8.52. The van der Waals surface area contributed by atoms with Crippen LogP contribution in [0.5, 0.6) is 0 Å². The zero-order valence-corrected chi connectivity index (χ0v) is 16.7. The first-order valence-corrected chi connectivity index (χ1v) is 10.4. The van der Waals surface area contributed by atoms with Crippen molar-refractivity contribution in [2.75, 3.05) is 4.72 Å². The minimum atomic E-state index is -3.96. The molecule has 7 nitrogen and oxygen atoms in total. The highest BCUT2D eigenvalue weighted by Crippen LogP contribution is 2.25. The van der Waals surface area contributed by atoms with E-state index >= 15 is 0 Å². The Labute approximate surface area is 172 Å². The monoisotopic (exact) mass is 423 g/mol. The van der Waals surface area contributed by atoms with Crippen molar-refractivity contribution >= 4 is 38.3 Å². The summed E-state index contributed by atoms with van der Waals surface area (Å²) in [4.78, 5) is 4.58. The summed E-state index contributed by atoms with van der Waals surface area (Å²) >= 11 is 5.84. The third-order valence-corrected chi connectivity index (χ3v) is 5.98. The van der Waals surface area contributed by atoms with Gasteiger partial charge in [0, 0.05) is 10.4 Å². The molecule has 0 amide bonds. The van der Waals surface area contributed by atoms with Crippen LogP contribution in [0.4, 0.5) is 5.82 Å². The van der Waals surface area contributed by atoms with Gasteiger partial charge in [-0.1, -0.05) is 29.8 Å². The molecule has 2 aromatic carbocycles. The maximum Gasteiger partial charge on any atom is 0.263 e.